The highest BCUT2D eigenvalue weighted by molar-refractivity contribution is 9.10. The van der Waals surface area contributed by atoms with E-state index in [9.17, 15) is 4.79 Å². The van der Waals surface area contributed by atoms with E-state index in [2.05, 4.69) is 26.0 Å². The Bertz CT molecular complexity index is 627. The molecule has 1 aromatic heterocycles. The molecule has 0 radical (unpaired) electrons. The summed E-state index contributed by atoms with van der Waals surface area (Å²) in [6, 6.07) is 5.32. The normalized spacial score (nSPS) is 10.7. The van der Waals surface area contributed by atoms with E-state index in [1.165, 1.54) is 4.68 Å². The Balaban J connectivity index is 2.59. The van der Waals surface area contributed by atoms with E-state index in [1.54, 1.807) is 18.2 Å². The van der Waals surface area contributed by atoms with Crippen molar-refractivity contribution in [3.8, 4) is 5.69 Å². The third-order valence-electron chi connectivity index (χ3n) is 2.50. The second-order valence-electron chi connectivity index (χ2n) is 3.89. The van der Waals surface area contributed by atoms with E-state index in [0.29, 0.717) is 27.4 Å². The summed E-state index contributed by atoms with van der Waals surface area (Å²) in [6.07, 6.45) is 1.48. The predicted octanol–water partition coefficient (Wildman–Crippen LogP) is 3.33. The average molecular weight is 345 g/mol. The fourth-order valence-corrected chi connectivity index (χ4v) is 2.27. The third kappa shape index (κ3) is 2.79. The molecule has 2 rings (SSSR count). The highest BCUT2D eigenvalue weighted by atomic mass is 79.9. The van der Waals surface area contributed by atoms with Crippen molar-refractivity contribution < 1.29 is 9.90 Å². The molecule has 0 spiro atoms. The molecule has 0 aliphatic rings. The fraction of sp³-hybridized carbons (Fsp3) is 0.250. The lowest BCUT2D eigenvalue weighted by Crippen LogP contribution is -2.04. The maximum Gasteiger partial charge on any atom is 0.375 e. The average Bonchev–Trinajstić information content (AvgIpc) is 2.77. The maximum atomic E-state index is 11.0. The summed E-state index contributed by atoms with van der Waals surface area (Å²) >= 11 is 9.42. The molecule has 0 atom stereocenters. The molecular formula is C12H11BrClN3O2. The zero-order valence-electron chi connectivity index (χ0n) is 10.1. The second-order valence-corrected chi connectivity index (χ2v) is 5.09. The van der Waals surface area contributed by atoms with Crippen molar-refractivity contribution in [3.05, 3.63) is 39.3 Å². The summed E-state index contributed by atoms with van der Waals surface area (Å²) in [4.78, 5) is 15.0. The van der Waals surface area contributed by atoms with Crippen LogP contribution in [0.2, 0.25) is 5.02 Å². The van der Waals surface area contributed by atoms with Gasteiger partial charge in [-0.2, -0.15) is 0 Å². The van der Waals surface area contributed by atoms with Crippen molar-refractivity contribution >= 4 is 33.5 Å². The molecule has 0 aliphatic heterocycles. The molecule has 1 heterocycles. The number of halogens is 2. The third-order valence-corrected chi connectivity index (χ3v) is 3.88. The van der Waals surface area contributed by atoms with Gasteiger partial charge in [0.05, 0.1) is 15.2 Å². The predicted molar refractivity (Wildman–Crippen MR) is 75.0 cm³/mol. The number of aryl methyl sites for hydroxylation is 1. The lowest BCUT2D eigenvalue weighted by atomic mass is 10.3. The first-order chi connectivity index (χ1) is 9.04. The van der Waals surface area contributed by atoms with E-state index >= 15 is 0 Å². The number of aromatic nitrogens is 3. The topological polar surface area (TPSA) is 68.0 Å². The van der Waals surface area contributed by atoms with Gasteiger partial charge < -0.3 is 5.11 Å². The van der Waals surface area contributed by atoms with Crippen molar-refractivity contribution in [2.24, 2.45) is 0 Å². The number of hydrogen-bond donors (Lipinski definition) is 1. The van der Waals surface area contributed by atoms with Crippen LogP contribution in [0.3, 0.4) is 0 Å². The first-order valence-corrected chi connectivity index (χ1v) is 6.85. The monoisotopic (exact) mass is 343 g/mol. The minimum Gasteiger partial charge on any atom is -0.475 e. The van der Waals surface area contributed by atoms with Crippen molar-refractivity contribution in [2.45, 2.75) is 19.8 Å². The van der Waals surface area contributed by atoms with Gasteiger partial charge in [-0.05, 0) is 34.5 Å². The van der Waals surface area contributed by atoms with Crippen molar-refractivity contribution in [1.82, 2.24) is 14.8 Å². The van der Waals surface area contributed by atoms with E-state index in [1.807, 2.05) is 6.92 Å². The summed E-state index contributed by atoms with van der Waals surface area (Å²) in [5.74, 6) is -0.757. The number of carboxylic acids is 1. The maximum absolute atomic E-state index is 11.0. The first-order valence-electron chi connectivity index (χ1n) is 5.68. The van der Waals surface area contributed by atoms with Crippen LogP contribution in [0.4, 0.5) is 0 Å². The Morgan fingerprint density at radius 3 is 2.89 bits per heavy atom. The highest BCUT2D eigenvalue weighted by Crippen LogP contribution is 2.29. The van der Waals surface area contributed by atoms with Gasteiger partial charge in [-0.15, -0.1) is 5.10 Å². The van der Waals surface area contributed by atoms with E-state index < -0.39 is 5.97 Å². The number of carbonyl (C=O) groups is 1. The number of rotatable bonds is 4. The standard InChI is InChI=1S/C12H11BrClN3O2/c1-2-4-9-15-11(12(18)19)16-17(9)8-6-3-5-7(14)10(8)13/h3,5-6H,2,4H2,1H3,(H,18,19). The molecular weight excluding hydrogens is 334 g/mol. The summed E-state index contributed by atoms with van der Waals surface area (Å²) in [5.41, 5.74) is 0.677. The number of aromatic carboxylic acids is 1. The largest absolute Gasteiger partial charge is 0.475 e. The molecule has 0 saturated carbocycles. The van der Waals surface area contributed by atoms with Crippen molar-refractivity contribution in [1.29, 1.82) is 0 Å². The molecule has 100 valence electrons. The van der Waals surface area contributed by atoms with Gasteiger partial charge in [0.1, 0.15) is 5.82 Å². The van der Waals surface area contributed by atoms with Gasteiger partial charge in [0.15, 0.2) is 0 Å². The number of hydrogen-bond acceptors (Lipinski definition) is 3. The van der Waals surface area contributed by atoms with Gasteiger partial charge >= 0.3 is 5.97 Å². The minimum atomic E-state index is -1.14. The van der Waals surface area contributed by atoms with Crippen LogP contribution in [0, 0.1) is 0 Å². The lowest BCUT2D eigenvalue weighted by molar-refractivity contribution is 0.0683. The summed E-state index contributed by atoms with van der Waals surface area (Å²) < 4.78 is 2.18. The minimum absolute atomic E-state index is 0.213. The Hall–Kier alpha value is -1.40. The smallest absolute Gasteiger partial charge is 0.375 e. The van der Waals surface area contributed by atoms with Crippen LogP contribution < -0.4 is 0 Å². The Morgan fingerprint density at radius 1 is 1.53 bits per heavy atom. The summed E-state index contributed by atoms with van der Waals surface area (Å²) in [7, 11) is 0. The Kier molecular flexibility index (Phi) is 4.21. The SMILES string of the molecule is CCCc1nc(C(=O)O)nn1-c1cccc(Cl)c1Br. The van der Waals surface area contributed by atoms with Crippen LogP contribution in [0.5, 0.6) is 0 Å². The quantitative estimate of drug-likeness (QED) is 0.923. The number of benzene rings is 1. The fourth-order valence-electron chi connectivity index (χ4n) is 1.67. The molecule has 1 aromatic carbocycles. The molecule has 7 heteroatoms. The van der Waals surface area contributed by atoms with E-state index in [0.717, 1.165) is 6.42 Å². The summed E-state index contributed by atoms with van der Waals surface area (Å²) in [5, 5.41) is 13.5. The van der Waals surface area contributed by atoms with Crippen LogP contribution >= 0.6 is 27.5 Å². The zero-order chi connectivity index (χ0) is 14.0. The molecule has 2 aromatic rings. The number of nitrogens with zero attached hydrogens (tertiary/aromatic N) is 3. The molecule has 1 N–H and O–H groups in total. The van der Waals surface area contributed by atoms with Gasteiger partial charge in [-0.1, -0.05) is 24.6 Å². The Morgan fingerprint density at radius 2 is 2.26 bits per heavy atom. The van der Waals surface area contributed by atoms with Crippen LogP contribution in [0.25, 0.3) is 5.69 Å². The van der Waals surface area contributed by atoms with Gasteiger partial charge in [-0.25, -0.2) is 14.5 Å². The molecule has 5 nitrogen and oxygen atoms in total. The van der Waals surface area contributed by atoms with Crippen molar-refractivity contribution in [3.63, 3.8) is 0 Å². The molecule has 0 bridgehead atoms. The van der Waals surface area contributed by atoms with Gasteiger partial charge in [-0.3, -0.25) is 0 Å². The van der Waals surface area contributed by atoms with E-state index in [-0.39, 0.29) is 5.82 Å². The van der Waals surface area contributed by atoms with Crippen LogP contribution in [-0.2, 0) is 6.42 Å². The van der Waals surface area contributed by atoms with Crippen LogP contribution in [-0.4, -0.2) is 25.8 Å². The van der Waals surface area contributed by atoms with Gasteiger partial charge in [0.2, 0.25) is 0 Å². The van der Waals surface area contributed by atoms with Crippen molar-refractivity contribution in [2.75, 3.05) is 0 Å². The molecule has 0 saturated heterocycles. The molecule has 19 heavy (non-hydrogen) atoms. The van der Waals surface area contributed by atoms with Gasteiger partial charge in [0.25, 0.3) is 5.82 Å². The first kappa shape index (κ1) is 14.0. The second kappa shape index (κ2) is 5.71. The van der Waals surface area contributed by atoms with E-state index in [4.69, 9.17) is 16.7 Å². The highest BCUT2D eigenvalue weighted by Gasteiger charge is 2.18. The van der Waals surface area contributed by atoms with Gasteiger partial charge in [0, 0.05) is 6.42 Å². The number of carboxylic acid groups (broad SMARTS) is 1. The zero-order valence-corrected chi connectivity index (χ0v) is 12.4. The van der Waals surface area contributed by atoms with Crippen LogP contribution in [0.1, 0.15) is 29.8 Å². The molecule has 0 unspecified atom stereocenters. The molecule has 0 amide bonds. The Labute approximate surface area is 123 Å². The van der Waals surface area contributed by atoms with Crippen LogP contribution in [0.15, 0.2) is 22.7 Å². The molecule has 0 aliphatic carbocycles. The molecule has 0 fully saturated rings. The summed E-state index contributed by atoms with van der Waals surface area (Å²) in [6.45, 7) is 1.99. The lowest BCUT2D eigenvalue weighted by Gasteiger charge is -2.08.